The molecule has 0 aliphatic carbocycles. The second kappa shape index (κ2) is 6.96. The van der Waals surface area contributed by atoms with E-state index >= 15 is 0 Å². The molecule has 3 N–H and O–H groups in total. The van der Waals surface area contributed by atoms with Crippen molar-refractivity contribution in [2.24, 2.45) is 0 Å². The molecule has 0 bridgehead atoms. The highest BCUT2D eigenvalue weighted by molar-refractivity contribution is 5.71. The summed E-state index contributed by atoms with van der Waals surface area (Å²) in [5.74, 6) is 0. The van der Waals surface area contributed by atoms with Gasteiger partial charge in [-0.15, -0.1) is 0 Å². The van der Waals surface area contributed by atoms with Crippen molar-refractivity contribution in [3.63, 3.8) is 0 Å². The fourth-order valence-electron chi connectivity index (χ4n) is 3.48. The molecule has 25 heavy (non-hydrogen) atoms. The molecular weight excluding hydrogens is 310 g/mol. The molecule has 2 aliphatic rings. The first-order valence-electron chi connectivity index (χ1n) is 8.75. The summed E-state index contributed by atoms with van der Waals surface area (Å²) in [6, 6.07) is 10.8. The number of hydrogen-bond acceptors (Lipinski definition) is 5. The predicted molar refractivity (Wildman–Crippen MR) is 100 cm³/mol. The van der Waals surface area contributed by atoms with Crippen LogP contribution in [0.15, 0.2) is 30.5 Å². The van der Waals surface area contributed by atoms with E-state index in [2.05, 4.69) is 51.4 Å². The number of rotatable bonds is 3. The average molecular weight is 331 g/mol. The van der Waals surface area contributed by atoms with Gasteiger partial charge >= 0.3 is 0 Å². The van der Waals surface area contributed by atoms with Crippen LogP contribution in [0.5, 0.6) is 0 Å². The van der Waals surface area contributed by atoms with E-state index in [1.165, 1.54) is 10.4 Å². The molecule has 3 heterocycles. The Kier molecular flexibility index (Phi) is 4.36. The van der Waals surface area contributed by atoms with Crippen LogP contribution in [0, 0.1) is 11.3 Å². The molecule has 2 aromatic rings. The number of nitriles is 1. The fraction of sp³-hybridized carbons (Fsp3) is 0.300. The summed E-state index contributed by atoms with van der Waals surface area (Å²) in [7, 11) is 0. The summed E-state index contributed by atoms with van der Waals surface area (Å²) in [5, 5.41) is 22.0. The predicted octanol–water partition coefficient (Wildman–Crippen LogP) is 0.906. The molecule has 2 aliphatic heterocycles. The van der Waals surface area contributed by atoms with Crippen LogP contribution in [0.1, 0.15) is 18.5 Å². The van der Waals surface area contributed by atoms with Crippen LogP contribution in [-0.4, -0.2) is 30.7 Å². The molecule has 1 saturated heterocycles. The van der Waals surface area contributed by atoms with E-state index in [0.717, 1.165) is 49.3 Å². The summed E-state index contributed by atoms with van der Waals surface area (Å²) in [6.45, 7) is 2.95. The molecule has 0 atom stereocenters. The number of fused-ring (bicyclic) bond motifs is 1. The normalized spacial score (nSPS) is 16.6. The van der Waals surface area contributed by atoms with Gasteiger partial charge in [0.2, 0.25) is 0 Å². The minimum atomic E-state index is 0.445. The molecular formula is C20H21N5. The summed E-state index contributed by atoms with van der Waals surface area (Å²) >= 11 is 0. The van der Waals surface area contributed by atoms with Crippen molar-refractivity contribution >= 4 is 18.0 Å². The van der Waals surface area contributed by atoms with Gasteiger partial charge in [-0.05, 0) is 66.5 Å². The van der Waals surface area contributed by atoms with E-state index in [4.69, 9.17) is 5.26 Å². The molecule has 5 heteroatoms. The molecule has 0 spiro atoms. The molecule has 1 fully saturated rings. The van der Waals surface area contributed by atoms with Crippen LogP contribution in [0.25, 0.3) is 23.4 Å². The zero-order valence-electron chi connectivity index (χ0n) is 14.0. The van der Waals surface area contributed by atoms with E-state index < -0.39 is 0 Å². The van der Waals surface area contributed by atoms with Crippen LogP contribution in [0.3, 0.4) is 0 Å². The SMILES string of the molecule is N#Cc1cc(-c2cc(NC3CCNCC3)c3c(c2)=CCNC=3)ccn1. The van der Waals surface area contributed by atoms with Gasteiger partial charge in [0.25, 0.3) is 0 Å². The Morgan fingerprint density at radius 2 is 2.04 bits per heavy atom. The first kappa shape index (κ1) is 15.7. The van der Waals surface area contributed by atoms with Gasteiger partial charge in [0.15, 0.2) is 0 Å². The van der Waals surface area contributed by atoms with Crippen molar-refractivity contribution in [2.45, 2.75) is 18.9 Å². The molecule has 5 nitrogen and oxygen atoms in total. The van der Waals surface area contributed by atoms with Crippen molar-refractivity contribution in [3.8, 4) is 17.2 Å². The molecule has 0 radical (unpaired) electrons. The Hall–Kier alpha value is -2.84. The number of nitrogens with zero attached hydrogens (tertiary/aromatic N) is 2. The number of aromatic nitrogens is 1. The first-order valence-corrected chi connectivity index (χ1v) is 8.75. The van der Waals surface area contributed by atoms with E-state index in [-0.39, 0.29) is 0 Å². The maximum absolute atomic E-state index is 9.12. The summed E-state index contributed by atoms with van der Waals surface area (Å²) in [5.41, 5.74) is 3.73. The van der Waals surface area contributed by atoms with E-state index in [1.54, 1.807) is 6.20 Å². The van der Waals surface area contributed by atoms with Gasteiger partial charge in [0, 0.05) is 35.9 Å². The highest BCUT2D eigenvalue weighted by atomic mass is 15.0. The third-order valence-corrected chi connectivity index (χ3v) is 4.80. The van der Waals surface area contributed by atoms with Crippen LogP contribution < -0.4 is 26.4 Å². The number of hydrogen-bond donors (Lipinski definition) is 3. The van der Waals surface area contributed by atoms with E-state index in [9.17, 15) is 0 Å². The molecule has 4 rings (SSSR count). The number of benzene rings is 1. The second-order valence-electron chi connectivity index (χ2n) is 6.49. The van der Waals surface area contributed by atoms with Gasteiger partial charge in [-0.2, -0.15) is 5.26 Å². The smallest absolute Gasteiger partial charge is 0.141 e. The van der Waals surface area contributed by atoms with Crippen molar-refractivity contribution in [3.05, 3.63) is 46.6 Å². The highest BCUT2D eigenvalue weighted by Gasteiger charge is 2.14. The minimum Gasteiger partial charge on any atom is -0.387 e. The monoisotopic (exact) mass is 331 g/mol. The van der Waals surface area contributed by atoms with Crippen molar-refractivity contribution in [2.75, 3.05) is 25.0 Å². The quantitative estimate of drug-likeness (QED) is 0.780. The minimum absolute atomic E-state index is 0.445. The maximum Gasteiger partial charge on any atom is 0.141 e. The fourth-order valence-corrected chi connectivity index (χ4v) is 3.48. The highest BCUT2D eigenvalue weighted by Crippen LogP contribution is 2.21. The third kappa shape index (κ3) is 3.35. The van der Waals surface area contributed by atoms with Crippen LogP contribution in [-0.2, 0) is 0 Å². The number of anilines is 1. The topological polar surface area (TPSA) is 72.8 Å². The van der Waals surface area contributed by atoms with Gasteiger partial charge < -0.3 is 16.0 Å². The number of nitrogens with one attached hydrogen (secondary N) is 3. The van der Waals surface area contributed by atoms with Crippen LogP contribution in [0.2, 0.25) is 0 Å². The lowest BCUT2D eigenvalue weighted by Gasteiger charge is -2.25. The Labute approximate surface area is 147 Å². The van der Waals surface area contributed by atoms with Gasteiger partial charge in [0.05, 0.1) is 0 Å². The zero-order chi connectivity index (χ0) is 17.1. The maximum atomic E-state index is 9.12. The summed E-state index contributed by atoms with van der Waals surface area (Å²) in [4.78, 5) is 4.08. The number of piperidine rings is 1. The van der Waals surface area contributed by atoms with Crippen molar-refractivity contribution in [1.82, 2.24) is 15.6 Å². The Morgan fingerprint density at radius 3 is 2.88 bits per heavy atom. The molecule has 0 saturated carbocycles. The zero-order valence-corrected chi connectivity index (χ0v) is 14.0. The Balaban J connectivity index is 1.78. The van der Waals surface area contributed by atoms with Gasteiger partial charge in [-0.1, -0.05) is 6.08 Å². The standard InChI is InChI=1S/C20H21N5/c21-12-18-10-14(2-8-24-18)16-9-15-1-5-23-13-19(15)20(11-16)25-17-3-6-22-7-4-17/h1-2,8-11,13,17,22-23,25H,3-7H2. The molecule has 0 unspecified atom stereocenters. The van der Waals surface area contributed by atoms with Crippen molar-refractivity contribution in [1.29, 1.82) is 5.26 Å². The second-order valence-corrected chi connectivity index (χ2v) is 6.49. The average Bonchev–Trinajstić information content (AvgIpc) is 2.69. The molecule has 1 aromatic heterocycles. The van der Waals surface area contributed by atoms with Gasteiger partial charge in [-0.25, -0.2) is 4.98 Å². The summed E-state index contributed by atoms with van der Waals surface area (Å²) in [6.07, 6.45) is 8.26. The van der Waals surface area contributed by atoms with Gasteiger partial charge in [-0.3, -0.25) is 0 Å². The molecule has 1 aromatic carbocycles. The molecule has 0 amide bonds. The lowest BCUT2D eigenvalue weighted by molar-refractivity contribution is 0.479. The third-order valence-electron chi connectivity index (χ3n) is 4.80. The largest absolute Gasteiger partial charge is 0.387 e. The Bertz CT molecular complexity index is 936. The lowest BCUT2D eigenvalue weighted by atomic mass is 10.0. The van der Waals surface area contributed by atoms with E-state index in [1.807, 2.05) is 12.1 Å². The summed E-state index contributed by atoms with van der Waals surface area (Å²) < 4.78 is 0. The lowest BCUT2D eigenvalue weighted by Crippen LogP contribution is -2.40. The molecule has 126 valence electrons. The van der Waals surface area contributed by atoms with Crippen LogP contribution >= 0.6 is 0 Å². The van der Waals surface area contributed by atoms with Gasteiger partial charge in [0.1, 0.15) is 11.8 Å². The van der Waals surface area contributed by atoms with Crippen molar-refractivity contribution < 1.29 is 0 Å². The van der Waals surface area contributed by atoms with Crippen LogP contribution in [0.4, 0.5) is 5.69 Å². The van der Waals surface area contributed by atoms with E-state index in [0.29, 0.717) is 11.7 Å². The number of pyridine rings is 1. The Morgan fingerprint density at radius 1 is 1.16 bits per heavy atom. The first-order chi connectivity index (χ1) is 12.3.